The highest BCUT2D eigenvalue weighted by Crippen LogP contribution is 2.37. The summed E-state index contributed by atoms with van der Waals surface area (Å²) in [5.41, 5.74) is -1.20. The predicted octanol–water partition coefficient (Wildman–Crippen LogP) is 6.17. The molecule has 0 aromatic heterocycles. The lowest BCUT2D eigenvalue weighted by Gasteiger charge is -2.41. The molecule has 0 spiro atoms. The smallest absolute Gasteiger partial charge is 0.367 e. The molecule has 14 heteroatoms. The molecule has 2 atom stereocenters. The Balaban J connectivity index is 2.31. The van der Waals surface area contributed by atoms with Gasteiger partial charge in [0.25, 0.3) is 0 Å². The molecule has 10 nitrogen and oxygen atoms in total. The van der Waals surface area contributed by atoms with Crippen molar-refractivity contribution in [2.75, 3.05) is 41.3 Å². The topological polar surface area (TPSA) is 117 Å². The Bertz CT molecular complexity index is 1320. The van der Waals surface area contributed by atoms with E-state index in [1.165, 1.54) is 14.1 Å². The number of carbonyl (C=O) groups is 4. The SMILES string of the molecule is C=CCC(CNC)(c1ccc(Cl)c(Cl)c1)N(C)C(=O)OC(=O)C(=O)OC(=O)N(C)C(CC=C)(CNC)c1ccc(Cl)c(Cl)c1. The van der Waals surface area contributed by atoms with Gasteiger partial charge in [-0.15, -0.1) is 13.2 Å². The van der Waals surface area contributed by atoms with E-state index < -0.39 is 35.2 Å². The summed E-state index contributed by atoms with van der Waals surface area (Å²) in [5.74, 6) is -3.40. The highest BCUT2D eigenvalue weighted by Gasteiger charge is 2.42. The van der Waals surface area contributed by atoms with Crippen LogP contribution in [0.3, 0.4) is 0 Å². The number of esters is 2. The minimum absolute atomic E-state index is 0.177. The maximum absolute atomic E-state index is 13.2. The van der Waals surface area contributed by atoms with Gasteiger partial charge in [-0.25, -0.2) is 19.2 Å². The molecule has 0 heterocycles. The van der Waals surface area contributed by atoms with Gasteiger partial charge in [0.05, 0.1) is 31.2 Å². The first kappa shape index (κ1) is 37.1. The summed E-state index contributed by atoms with van der Waals surface area (Å²) in [4.78, 5) is 54.0. The Kier molecular flexibility index (Phi) is 13.7. The molecule has 2 amide bonds. The van der Waals surface area contributed by atoms with Crippen LogP contribution in [0.1, 0.15) is 24.0 Å². The zero-order valence-corrected chi connectivity index (χ0v) is 27.7. The molecule has 238 valence electrons. The third-order valence-corrected chi connectivity index (χ3v) is 8.65. The Labute approximate surface area is 276 Å². The van der Waals surface area contributed by atoms with Crippen LogP contribution in [0.4, 0.5) is 9.59 Å². The molecular formula is C30H34Cl4N4O6. The van der Waals surface area contributed by atoms with Crippen LogP contribution in [0.2, 0.25) is 20.1 Å². The summed E-state index contributed by atoms with van der Waals surface area (Å²) in [7, 11) is 6.08. The number of amides is 2. The van der Waals surface area contributed by atoms with Crippen LogP contribution in [-0.4, -0.2) is 75.2 Å². The average molecular weight is 688 g/mol. The molecule has 2 aromatic rings. The fraction of sp³-hybridized carbons (Fsp3) is 0.333. The molecule has 0 aliphatic rings. The van der Waals surface area contributed by atoms with Gasteiger partial charge in [-0.2, -0.15) is 0 Å². The van der Waals surface area contributed by atoms with Gasteiger partial charge < -0.3 is 20.1 Å². The van der Waals surface area contributed by atoms with Gasteiger partial charge in [0, 0.05) is 27.2 Å². The molecule has 0 aliphatic heterocycles. The number of nitrogens with zero attached hydrogens (tertiary/aromatic N) is 2. The van der Waals surface area contributed by atoms with Crippen molar-refractivity contribution in [3.63, 3.8) is 0 Å². The third-order valence-electron chi connectivity index (χ3n) is 7.17. The molecule has 0 fully saturated rings. The van der Waals surface area contributed by atoms with E-state index in [2.05, 4.69) is 23.8 Å². The molecule has 2 N–H and O–H groups in total. The van der Waals surface area contributed by atoms with Crippen LogP contribution in [0, 0.1) is 0 Å². The minimum Gasteiger partial charge on any atom is -0.367 e. The van der Waals surface area contributed by atoms with Crippen LogP contribution in [0.5, 0.6) is 0 Å². The number of hydrogen-bond acceptors (Lipinski definition) is 8. The fourth-order valence-electron chi connectivity index (χ4n) is 4.84. The lowest BCUT2D eigenvalue weighted by atomic mass is 9.85. The Hall–Kier alpha value is -3.12. The largest absolute Gasteiger partial charge is 0.426 e. The van der Waals surface area contributed by atoms with E-state index in [-0.39, 0.29) is 36.0 Å². The van der Waals surface area contributed by atoms with Crippen molar-refractivity contribution in [1.82, 2.24) is 20.4 Å². The maximum Gasteiger partial charge on any atom is 0.426 e. The first-order valence-electron chi connectivity index (χ1n) is 13.2. The number of carbonyl (C=O) groups excluding carboxylic acids is 4. The van der Waals surface area contributed by atoms with E-state index in [4.69, 9.17) is 55.9 Å². The second-order valence-electron chi connectivity index (χ2n) is 9.80. The zero-order valence-electron chi connectivity index (χ0n) is 24.7. The summed E-state index contributed by atoms with van der Waals surface area (Å²) < 4.78 is 9.69. The van der Waals surface area contributed by atoms with Crippen LogP contribution in [-0.2, 0) is 30.1 Å². The van der Waals surface area contributed by atoms with Gasteiger partial charge in [0.15, 0.2) is 0 Å². The van der Waals surface area contributed by atoms with Crippen molar-refractivity contribution in [3.05, 3.63) is 92.9 Å². The Morgan fingerprint density at radius 1 is 0.705 bits per heavy atom. The summed E-state index contributed by atoms with van der Waals surface area (Å²) in [6.07, 6.45) is 1.16. The summed E-state index contributed by atoms with van der Waals surface area (Å²) in [6.45, 7) is 7.91. The van der Waals surface area contributed by atoms with Crippen LogP contribution in [0.15, 0.2) is 61.7 Å². The quantitative estimate of drug-likeness (QED) is 0.118. The minimum atomic E-state index is -1.70. The molecule has 0 bridgehead atoms. The highest BCUT2D eigenvalue weighted by molar-refractivity contribution is 6.42. The van der Waals surface area contributed by atoms with E-state index in [0.29, 0.717) is 21.2 Å². The molecule has 0 saturated carbocycles. The number of rotatable bonds is 12. The van der Waals surface area contributed by atoms with Crippen molar-refractivity contribution in [2.24, 2.45) is 0 Å². The molecular weight excluding hydrogens is 654 g/mol. The molecule has 2 rings (SSSR count). The van der Waals surface area contributed by atoms with Crippen molar-refractivity contribution >= 4 is 70.5 Å². The first-order chi connectivity index (χ1) is 20.7. The summed E-state index contributed by atoms with van der Waals surface area (Å²) in [5, 5.41) is 7.09. The maximum atomic E-state index is 13.2. The standard InChI is InChI=1S/C30H34Cl4N4O6/c1-7-13-29(17-35-3,19-9-11-21(31)23(33)15-19)37(5)27(41)43-25(39)26(40)44-28(42)38(6)30(14-8-2,18-36-4)20-10-12-22(32)24(34)16-20/h7-12,15-16,35-36H,1-2,13-14,17-18H2,3-6H3. The number of benzene rings is 2. The lowest BCUT2D eigenvalue weighted by Crippen LogP contribution is -2.54. The molecule has 0 aliphatic carbocycles. The van der Waals surface area contributed by atoms with Crippen molar-refractivity contribution in [1.29, 1.82) is 0 Å². The Morgan fingerprint density at radius 2 is 1.05 bits per heavy atom. The van der Waals surface area contributed by atoms with Crippen molar-refractivity contribution in [2.45, 2.75) is 23.9 Å². The zero-order chi connectivity index (χ0) is 33.2. The predicted molar refractivity (Wildman–Crippen MR) is 172 cm³/mol. The van der Waals surface area contributed by atoms with Crippen LogP contribution < -0.4 is 10.6 Å². The number of nitrogens with one attached hydrogen (secondary N) is 2. The molecule has 2 unspecified atom stereocenters. The van der Waals surface area contributed by atoms with Crippen molar-refractivity contribution in [3.8, 4) is 0 Å². The number of ether oxygens (including phenoxy) is 2. The van der Waals surface area contributed by atoms with E-state index in [9.17, 15) is 19.2 Å². The molecule has 2 aromatic carbocycles. The second-order valence-corrected chi connectivity index (χ2v) is 11.4. The fourth-order valence-corrected chi connectivity index (χ4v) is 5.44. The van der Waals surface area contributed by atoms with Gasteiger partial charge >= 0.3 is 24.1 Å². The number of hydrogen-bond donors (Lipinski definition) is 2. The van der Waals surface area contributed by atoms with Gasteiger partial charge in [-0.05, 0) is 62.3 Å². The summed E-state index contributed by atoms with van der Waals surface area (Å²) in [6, 6.07) is 9.61. The van der Waals surface area contributed by atoms with Gasteiger partial charge in [0.2, 0.25) is 0 Å². The van der Waals surface area contributed by atoms with E-state index >= 15 is 0 Å². The lowest BCUT2D eigenvalue weighted by molar-refractivity contribution is -0.161. The molecule has 0 saturated heterocycles. The number of halogens is 4. The monoisotopic (exact) mass is 686 g/mol. The van der Waals surface area contributed by atoms with Crippen LogP contribution in [0.25, 0.3) is 0 Å². The first-order valence-corrected chi connectivity index (χ1v) is 14.7. The normalized spacial score (nSPS) is 13.5. The van der Waals surface area contributed by atoms with E-state index in [1.54, 1.807) is 62.6 Å². The van der Waals surface area contributed by atoms with Gasteiger partial charge in [-0.3, -0.25) is 9.80 Å². The van der Waals surface area contributed by atoms with E-state index in [0.717, 1.165) is 9.80 Å². The number of likely N-dealkylation sites (N-methyl/N-ethyl adjacent to an activating group) is 4. The van der Waals surface area contributed by atoms with Gasteiger partial charge in [0.1, 0.15) is 0 Å². The highest BCUT2D eigenvalue weighted by atomic mass is 35.5. The molecule has 0 radical (unpaired) electrons. The third kappa shape index (κ3) is 8.12. The van der Waals surface area contributed by atoms with E-state index in [1.807, 2.05) is 0 Å². The van der Waals surface area contributed by atoms with Gasteiger partial charge in [-0.1, -0.05) is 70.7 Å². The van der Waals surface area contributed by atoms with Crippen LogP contribution >= 0.6 is 46.4 Å². The van der Waals surface area contributed by atoms with Crippen molar-refractivity contribution < 1.29 is 28.7 Å². The summed E-state index contributed by atoms with van der Waals surface area (Å²) >= 11 is 24.7. The Morgan fingerprint density at radius 3 is 1.32 bits per heavy atom. The second kappa shape index (κ2) is 16.3. The average Bonchev–Trinajstić information content (AvgIpc) is 2.98. The molecule has 44 heavy (non-hydrogen) atoms.